The van der Waals surface area contributed by atoms with E-state index >= 15 is 0 Å². The Kier molecular flexibility index (Phi) is 5.78. The number of benzene rings is 1. The van der Waals surface area contributed by atoms with Crippen LogP contribution in [0.4, 0.5) is 0 Å². The summed E-state index contributed by atoms with van der Waals surface area (Å²) in [5, 5.41) is 9.49. The molecule has 1 saturated carbocycles. The smallest absolute Gasteiger partial charge is 0.202 e. The van der Waals surface area contributed by atoms with Crippen LogP contribution in [0.25, 0.3) is 11.6 Å². The highest BCUT2D eigenvalue weighted by molar-refractivity contribution is 7.99. The molecule has 33 heavy (non-hydrogen) atoms. The first kappa shape index (κ1) is 22.2. The van der Waals surface area contributed by atoms with Gasteiger partial charge in [0.15, 0.2) is 23.1 Å². The zero-order valence-electron chi connectivity index (χ0n) is 19.5. The van der Waals surface area contributed by atoms with Crippen molar-refractivity contribution < 1.29 is 13.9 Å². The van der Waals surface area contributed by atoms with Crippen LogP contribution in [0.5, 0.6) is 5.75 Å². The third-order valence-electron chi connectivity index (χ3n) is 7.00. The second kappa shape index (κ2) is 8.61. The van der Waals surface area contributed by atoms with Crippen molar-refractivity contribution in [1.82, 2.24) is 24.6 Å². The number of rotatable bonds is 9. The second-order valence-corrected chi connectivity index (χ2v) is 10.2. The number of nitrogens with zero attached hydrogens (tertiary/aromatic N) is 5. The van der Waals surface area contributed by atoms with Gasteiger partial charge in [0.25, 0.3) is 0 Å². The summed E-state index contributed by atoms with van der Waals surface area (Å²) in [5.41, 5.74) is 2.99. The zero-order valence-corrected chi connectivity index (χ0v) is 20.3. The molecule has 8 nitrogen and oxygen atoms in total. The van der Waals surface area contributed by atoms with Gasteiger partial charge in [0, 0.05) is 31.3 Å². The standard InChI is InChI=1S/C24H29N5O3S/c1-15-21(32-14-25-15)22-26-27-23(28(22)3)33-9-5-8-29-12-18-11-24(18,13-29)17-6-7-20(31-4)19(10-17)16(2)30/h6-7,10,14,18H,5,8-9,11-13H2,1-4H3/t18-,24+/m0/s1. The molecule has 2 aliphatic rings. The molecule has 2 aromatic heterocycles. The predicted octanol–water partition coefficient (Wildman–Crippen LogP) is 3.75. The molecule has 1 aromatic carbocycles. The van der Waals surface area contributed by atoms with Gasteiger partial charge in [-0.25, -0.2) is 4.98 Å². The lowest BCUT2D eigenvalue weighted by Gasteiger charge is -2.21. The minimum atomic E-state index is 0.0552. The van der Waals surface area contributed by atoms with Crippen LogP contribution in [0.3, 0.4) is 0 Å². The van der Waals surface area contributed by atoms with Crippen molar-refractivity contribution >= 4 is 17.5 Å². The number of hydrogen-bond donors (Lipinski definition) is 0. The molecule has 1 aliphatic carbocycles. The van der Waals surface area contributed by atoms with E-state index in [2.05, 4.69) is 32.2 Å². The number of likely N-dealkylation sites (tertiary alicyclic amines) is 1. The Morgan fingerprint density at radius 1 is 1.36 bits per heavy atom. The number of methoxy groups -OCH3 is 1. The van der Waals surface area contributed by atoms with E-state index in [-0.39, 0.29) is 11.2 Å². The van der Waals surface area contributed by atoms with Crippen LogP contribution < -0.4 is 4.74 Å². The number of Topliss-reactive ketones (excluding diaryl/α,β-unsaturated/α-hetero) is 1. The number of ether oxygens (including phenoxy) is 1. The SMILES string of the molecule is COc1ccc([C@]23C[C@H]2CN(CCCSc2nnc(-c4ocnc4C)n2C)C3)cc1C(C)=O. The van der Waals surface area contributed by atoms with Crippen molar-refractivity contribution in [3.8, 4) is 17.3 Å². The number of hydrogen-bond acceptors (Lipinski definition) is 8. The van der Waals surface area contributed by atoms with E-state index in [1.165, 1.54) is 18.4 Å². The third kappa shape index (κ3) is 3.97. The molecule has 0 bridgehead atoms. The fraction of sp³-hybridized carbons (Fsp3) is 0.500. The Hall–Kier alpha value is -2.65. The predicted molar refractivity (Wildman–Crippen MR) is 126 cm³/mol. The lowest BCUT2D eigenvalue weighted by atomic mass is 9.92. The molecule has 0 spiro atoms. The Labute approximate surface area is 197 Å². The summed E-state index contributed by atoms with van der Waals surface area (Å²) in [6, 6.07) is 6.15. The number of carbonyl (C=O) groups excluding carboxylic acids is 1. The number of fused-ring (bicyclic) bond motifs is 1. The van der Waals surface area contributed by atoms with Crippen LogP contribution in [-0.2, 0) is 12.5 Å². The van der Waals surface area contributed by atoms with Crippen LogP contribution >= 0.6 is 11.8 Å². The van der Waals surface area contributed by atoms with E-state index in [1.54, 1.807) is 25.8 Å². The monoisotopic (exact) mass is 467 g/mol. The summed E-state index contributed by atoms with van der Waals surface area (Å²) in [6.07, 6.45) is 3.73. The lowest BCUT2D eigenvalue weighted by Crippen LogP contribution is -2.28. The van der Waals surface area contributed by atoms with Crippen LogP contribution in [0.1, 0.15) is 41.4 Å². The van der Waals surface area contributed by atoms with Gasteiger partial charge in [0.1, 0.15) is 5.75 Å². The molecule has 0 N–H and O–H groups in total. The molecule has 0 radical (unpaired) electrons. The molecule has 3 heterocycles. The highest BCUT2D eigenvalue weighted by Gasteiger charge is 2.60. The van der Waals surface area contributed by atoms with E-state index in [0.717, 1.165) is 42.7 Å². The molecule has 2 atom stereocenters. The summed E-state index contributed by atoms with van der Waals surface area (Å²) in [6.45, 7) is 6.76. The molecule has 174 valence electrons. The van der Waals surface area contributed by atoms with Gasteiger partial charge in [-0.2, -0.15) is 0 Å². The van der Waals surface area contributed by atoms with Crippen molar-refractivity contribution in [1.29, 1.82) is 0 Å². The van der Waals surface area contributed by atoms with E-state index in [9.17, 15) is 4.79 Å². The quantitative estimate of drug-likeness (QED) is 0.267. The van der Waals surface area contributed by atoms with Crippen LogP contribution in [-0.4, -0.2) is 62.9 Å². The molecule has 0 unspecified atom stereocenters. The van der Waals surface area contributed by atoms with Crippen molar-refractivity contribution in [3.05, 3.63) is 41.4 Å². The van der Waals surface area contributed by atoms with Gasteiger partial charge in [-0.3, -0.25) is 4.79 Å². The van der Waals surface area contributed by atoms with Crippen molar-refractivity contribution in [2.24, 2.45) is 13.0 Å². The Morgan fingerprint density at radius 3 is 2.94 bits per heavy atom. The molecule has 0 amide bonds. The summed E-state index contributed by atoms with van der Waals surface area (Å²) in [4.78, 5) is 18.8. The fourth-order valence-electron chi connectivity index (χ4n) is 5.10. The maximum absolute atomic E-state index is 12.1. The maximum atomic E-state index is 12.1. The van der Waals surface area contributed by atoms with Gasteiger partial charge in [-0.1, -0.05) is 17.8 Å². The average Bonchev–Trinajstić information content (AvgIpc) is 3.10. The minimum absolute atomic E-state index is 0.0552. The fourth-order valence-corrected chi connectivity index (χ4v) is 5.94. The number of piperidine rings is 1. The van der Waals surface area contributed by atoms with Gasteiger partial charge in [0.05, 0.1) is 18.4 Å². The Balaban J connectivity index is 1.16. The molecule has 9 heteroatoms. The van der Waals surface area contributed by atoms with Gasteiger partial charge < -0.3 is 18.6 Å². The van der Waals surface area contributed by atoms with E-state index in [4.69, 9.17) is 9.15 Å². The van der Waals surface area contributed by atoms with E-state index in [0.29, 0.717) is 28.8 Å². The average molecular weight is 468 g/mol. The van der Waals surface area contributed by atoms with Gasteiger partial charge in [-0.15, -0.1) is 10.2 Å². The van der Waals surface area contributed by atoms with Crippen LogP contribution in [0, 0.1) is 12.8 Å². The topological polar surface area (TPSA) is 86.3 Å². The minimum Gasteiger partial charge on any atom is -0.496 e. The van der Waals surface area contributed by atoms with Gasteiger partial charge in [-0.05, 0) is 56.8 Å². The summed E-state index contributed by atoms with van der Waals surface area (Å²) >= 11 is 1.72. The number of carbonyl (C=O) groups is 1. The first-order chi connectivity index (χ1) is 15.9. The molecule has 3 aromatic rings. The maximum Gasteiger partial charge on any atom is 0.202 e. The molecule has 2 fully saturated rings. The summed E-state index contributed by atoms with van der Waals surface area (Å²) < 4.78 is 12.8. The van der Waals surface area contributed by atoms with Gasteiger partial charge in [0.2, 0.25) is 5.82 Å². The van der Waals surface area contributed by atoms with E-state index in [1.807, 2.05) is 24.6 Å². The highest BCUT2D eigenvalue weighted by Crippen LogP contribution is 2.59. The molecule has 1 aliphatic heterocycles. The van der Waals surface area contributed by atoms with Crippen LogP contribution in [0.2, 0.25) is 0 Å². The largest absolute Gasteiger partial charge is 0.496 e. The number of aromatic nitrogens is 4. The molecule has 5 rings (SSSR count). The third-order valence-corrected chi connectivity index (χ3v) is 8.11. The summed E-state index contributed by atoms with van der Waals surface area (Å²) in [7, 11) is 3.58. The Morgan fingerprint density at radius 2 is 2.21 bits per heavy atom. The molecule has 1 saturated heterocycles. The first-order valence-corrected chi connectivity index (χ1v) is 12.3. The van der Waals surface area contributed by atoms with Crippen molar-refractivity contribution in [2.45, 2.75) is 37.3 Å². The van der Waals surface area contributed by atoms with Crippen molar-refractivity contribution in [2.75, 3.05) is 32.5 Å². The lowest BCUT2D eigenvalue weighted by molar-refractivity contribution is 0.101. The number of oxazole rings is 1. The molecular formula is C24H29N5O3S. The van der Waals surface area contributed by atoms with Crippen molar-refractivity contribution in [3.63, 3.8) is 0 Å². The zero-order chi connectivity index (χ0) is 23.2. The Bertz CT molecular complexity index is 1190. The number of ketones is 1. The number of thioether (sulfide) groups is 1. The number of aryl methyl sites for hydroxylation is 1. The van der Waals surface area contributed by atoms with Gasteiger partial charge >= 0.3 is 0 Å². The first-order valence-electron chi connectivity index (χ1n) is 11.3. The highest BCUT2D eigenvalue weighted by atomic mass is 32.2. The summed E-state index contributed by atoms with van der Waals surface area (Å²) in [5.74, 6) is 3.76. The van der Waals surface area contributed by atoms with Crippen LogP contribution in [0.15, 0.2) is 34.2 Å². The van der Waals surface area contributed by atoms with E-state index < -0.39 is 0 Å². The normalized spacial score (nSPS) is 21.9. The molecular weight excluding hydrogens is 438 g/mol. The second-order valence-electron chi connectivity index (χ2n) is 9.10.